The molecule has 17 heavy (non-hydrogen) atoms. The zero-order valence-electron chi connectivity index (χ0n) is 11.2. The molecule has 0 nitrogen and oxygen atoms in total. The number of unbranched alkanes of at least 4 members (excludes halogenated alkanes) is 7. The van der Waals surface area contributed by atoms with E-state index in [2.05, 4.69) is 30.6 Å². The molecule has 0 aromatic heterocycles. The Labute approximate surface area is 113 Å². The van der Waals surface area contributed by atoms with Gasteiger partial charge >= 0.3 is 0 Å². The third-order valence-electron chi connectivity index (χ3n) is 2.52. The quantitative estimate of drug-likeness (QED) is 0.318. The van der Waals surface area contributed by atoms with Crippen LogP contribution >= 0.6 is 11.6 Å². The maximum atomic E-state index is 5.60. The molecule has 0 bridgehead atoms. The second-order valence-corrected chi connectivity index (χ2v) is 4.57. The molecule has 0 aliphatic rings. The summed E-state index contributed by atoms with van der Waals surface area (Å²) in [6, 6.07) is 0. The third kappa shape index (κ3) is 15.4. The van der Waals surface area contributed by atoms with E-state index in [1.54, 1.807) is 0 Å². The molecule has 0 rings (SSSR count). The molecule has 0 aliphatic carbocycles. The molecule has 0 unspecified atom stereocenters. The zero-order valence-corrected chi connectivity index (χ0v) is 11.9. The summed E-state index contributed by atoms with van der Waals surface area (Å²) in [7, 11) is 0. The predicted octanol–water partition coefficient (Wildman–Crippen LogP) is 5.15. The fraction of sp³-hybridized carbons (Fsp3) is 0.750. The minimum absolute atomic E-state index is 0.744. The number of alkyl halides is 1. The first kappa shape index (κ1) is 16.4. The van der Waals surface area contributed by atoms with Gasteiger partial charge in [0.1, 0.15) is 0 Å². The van der Waals surface area contributed by atoms with Crippen LogP contribution in [0.4, 0.5) is 0 Å². The van der Waals surface area contributed by atoms with Gasteiger partial charge in [0.25, 0.3) is 0 Å². The van der Waals surface area contributed by atoms with E-state index in [4.69, 9.17) is 11.6 Å². The highest BCUT2D eigenvalue weighted by atomic mass is 35.5. The van der Waals surface area contributed by atoms with Crippen molar-refractivity contribution in [1.82, 2.24) is 0 Å². The SMILES string of the molecule is CCCCCC#CCC#CCCCCCCCl. The molecule has 0 spiro atoms. The van der Waals surface area contributed by atoms with Crippen LogP contribution in [0.5, 0.6) is 0 Å². The number of rotatable bonds is 8. The lowest BCUT2D eigenvalue weighted by Gasteiger charge is -1.93. The zero-order chi connectivity index (χ0) is 12.6. The summed E-state index contributed by atoms with van der Waals surface area (Å²) in [5.41, 5.74) is 0. The third-order valence-corrected chi connectivity index (χ3v) is 2.78. The Morgan fingerprint density at radius 2 is 1.29 bits per heavy atom. The van der Waals surface area contributed by atoms with Crippen molar-refractivity contribution < 1.29 is 0 Å². The Morgan fingerprint density at radius 3 is 1.88 bits per heavy atom. The lowest BCUT2D eigenvalue weighted by molar-refractivity contribution is 0.682. The summed E-state index contributed by atoms with van der Waals surface area (Å²) in [6.07, 6.45) is 11.4. The van der Waals surface area contributed by atoms with Gasteiger partial charge in [0.2, 0.25) is 0 Å². The van der Waals surface area contributed by atoms with Crippen molar-refractivity contribution >= 4 is 11.6 Å². The molecular weight excluding hydrogens is 228 g/mol. The molecule has 0 saturated heterocycles. The average molecular weight is 253 g/mol. The fourth-order valence-corrected chi connectivity index (χ4v) is 1.66. The van der Waals surface area contributed by atoms with Gasteiger partial charge in [-0.25, -0.2) is 0 Å². The van der Waals surface area contributed by atoms with E-state index in [0.29, 0.717) is 0 Å². The van der Waals surface area contributed by atoms with Gasteiger partial charge in [0.15, 0.2) is 0 Å². The van der Waals surface area contributed by atoms with Gasteiger partial charge in [-0.2, -0.15) is 0 Å². The maximum absolute atomic E-state index is 5.60. The van der Waals surface area contributed by atoms with Crippen molar-refractivity contribution in [1.29, 1.82) is 0 Å². The van der Waals surface area contributed by atoms with Gasteiger partial charge in [-0.3, -0.25) is 0 Å². The minimum atomic E-state index is 0.744. The van der Waals surface area contributed by atoms with Crippen molar-refractivity contribution in [3.05, 3.63) is 0 Å². The van der Waals surface area contributed by atoms with Gasteiger partial charge in [-0.15, -0.1) is 23.4 Å². The number of halogens is 1. The van der Waals surface area contributed by atoms with E-state index in [1.165, 1.54) is 38.5 Å². The monoisotopic (exact) mass is 252 g/mol. The summed E-state index contributed by atoms with van der Waals surface area (Å²) in [5.74, 6) is 13.4. The van der Waals surface area contributed by atoms with E-state index in [0.717, 1.165) is 31.6 Å². The van der Waals surface area contributed by atoms with E-state index in [1.807, 2.05) is 0 Å². The van der Waals surface area contributed by atoms with Crippen molar-refractivity contribution in [2.45, 2.75) is 71.1 Å². The largest absolute Gasteiger partial charge is 0.127 e. The molecule has 0 N–H and O–H groups in total. The number of hydrogen-bond acceptors (Lipinski definition) is 0. The van der Waals surface area contributed by atoms with Crippen LogP contribution in [0.1, 0.15) is 71.1 Å². The van der Waals surface area contributed by atoms with Crippen molar-refractivity contribution in [2.75, 3.05) is 5.88 Å². The first-order valence-corrected chi connectivity index (χ1v) is 7.42. The van der Waals surface area contributed by atoms with Gasteiger partial charge < -0.3 is 0 Å². The molecule has 96 valence electrons. The molecule has 0 atom stereocenters. The highest BCUT2D eigenvalue weighted by Gasteiger charge is 1.86. The molecule has 0 fully saturated rings. The summed E-state index contributed by atoms with van der Waals surface area (Å²) < 4.78 is 0. The van der Waals surface area contributed by atoms with Crippen molar-refractivity contribution in [3.63, 3.8) is 0 Å². The second-order valence-electron chi connectivity index (χ2n) is 4.19. The molecule has 0 amide bonds. The minimum Gasteiger partial charge on any atom is -0.127 e. The first-order valence-electron chi connectivity index (χ1n) is 6.89. The topological polar surface area (TPSA) is 0 Å². The predicted molar refractivity (Wildman–Crippen MR) is 78.1 cm³/mol. The highest BCUT2D eigenvalue weighted by molar-refractivity contribution is 6.17. The lowest BCUT2D eigenvalue weighted by Crippen LogP contribution is -1.78. The Morgan fingerprint density at radius 1 is 0.706 bits per heavy atom. The number of hydrogen-bond donors (Lipinski definition) is 0. The Hall–Kier alpha value is -0.590. The molecule has 1 heteroatoms. The Bertz CT molecular complexity index is 259. The van der Waals surface area contributed by atoms with Crippen LogP contribution in [0.15, 0.2) is 0 Å². The maximum Gasteiger partial charge on any atom is 0.0702 e. The van der Waals surface area contributed by atoms with Crippen LogP contribution in [0, 0.1) is 23.7 Å². The van der Waals surface area contributed by atoms with Crippen LogP contribution in [0.3, 0.4) is 0 Å². The summed E-state index contributed by atoms with van der Waals surface area (Å²) in [4.78, 5) is 0. The summed E-state index contributed by atoms with van der Waals surface area (Å²) >= 11 is 5.60. The van der Waals surface area contributed by atoms with Gasteiger partial charge in [-0.05, 0) is 19.3 Å². The Balaban J connectivity index is 3.24. The van der Waals surface area contributed by atoms with Crippen LogP contribution in [0.25, 0.3) is 0 Å². The highest BCUT2D eigenvalue weighted by Crippen LogP contribution is 2.02. The lowest BCUT2D eigenvalue weighted by atomic mass is 10.1. The summed E-state index contributed by atoms with van der Waals surface area (Å²) in [5, 5.41) is 0. The van der Waals surface area contributed by atoms with E-state index < -0.39 is 0 Å². The van der Waals surface area contributed by atoms with Crippen LogP contribution in [-0.2, 0) is 0 Å². The van der Waals surface area contributed by atoms with Crippen LogP contribution < -0.4 is 0 Å². The van der Waals surface area contributed by atoms with E-state index in [9.17, 15) is 0 Å². The molecule has 0 aliphatic heterocycles. The molecular formula is C16H25Cl. The molecule has 0 heterocycles. The van der Waals surface area contributed by atoms with Gasteiger partial charge in [-0.1, -0.05) is 44.4 Å². The molecule has 0 saturated carbocycles. The van der Waals surface area contributed by atoms with E-state index in [-0.39, 0.29) is 0 Å². The van der Waals surface area contributed by atoms with Gasteiger partial charge in [0, 0.05) is 18.7 Å². The standard InChI is InChI=1S/C16H25Cl/c1-2-3-4-5-6-7-8-9-10-11-12-13-14-15-16-17/h2-5,8,11-16H2,1H3. The molecule has 0 radical (unpaired) electrons. The summed E-state index contributed by atoms with van der Waals surface area (Å²) in [6.45, 7) is 2.21. The van der Waals surface area contributed by atoms with Gasteiger partial charge in [0.05, 0.1) is 6.42 Å². The fourth-order valence-electron chi connectivity index (χ4n) is 1.47. The van der Waals surface area contributed by atoms with E-state index >= 15 is 0 Å². The average Bonchev–Trinajstić information content (AvgIpc) is 2.35. The van der Waals surface area contributed by atoms with Crippen LogP contribution in [0.2, 0.25) is 0 Å². The van der Waals surface area contributed by atoms with Crippen molar-refractivity contribution in [2.24, 2.45) is 0 Å². The molecule has 0 aromatic carbocycles. The second kappa shape index (κ2) is 15.4. The van der Waals surface area contributed by atoms with Crippen LogP contribution in [-0.4, -0.2) is 5.88 Å². The first-order chi connectivity index (χ1) is 8.41. The van der Waals surface area contributed by atoms with Crippen molar-refractivity contribution in [3.8, 4) is 23.7 Å². The Kier molecular flexibility index (Phi) is 14.9. The smallest absolute Gasteiger partial charge is 0.0702 e. The normalized spacial score (nSPS) is 9.06. The molecule has 0 aromatic rings.